The van der Waals surface area contributed by atoms with Crippen molar-refractivity contribution < 1.29 is 21.6 Å². The Hall–Kier alpha value is -1.77. The van der Waals surface area contributed by atoms with Gasteiger partial charge >= 0.3 is 6.18 Å². The molecule has 22 heavy (non-hydrogen) atoms. The van der Waals surface area contributed by atoms with Crippen molar-refractivity contribution in [1.29, 1.82) is 0 Å². The van der Waals surface area contributed by atoms with Crippen LogP contribution in [0, 0.1) is 0 Å². The van der Waals surface area contributed by atoms with E-state index < -0.39 is 26.5 Å². The van der Waals surface area contributed by atoms with E-state index in [-0.39, 0.29) is 0 Å². The van der Waals surface area contributed by atoms with E-state index >= 15 is 0 Å². The monoisotopic (exact) mass is 335 g/mol. The molecule has 9 heteroatoms. The van der Waals surface area contributed by atoms with Gasteiger partial charge in [0.2, 0.25) is 0 Å². The van der Waals surface area contributed by atoms with Gasteiger partial charge in [-0.1, -0.05) is 0 Å². The molecule has 0 saturated carbocycles. The van der Waals surface area contributed by atoms with Gasteiger partial charge in [0.1, 0.15) is 0 Å². The van der Waals surface area contributed by atoms with Crippen molar-refractivity contribution in [3.63, 3.8) is 0 Å². The fraction of sp³-hybridized carbons (Fsp3) is 0.462. The first-order chi connectivity index (χ1) is 10.1. The molecule has 0 aliphatic carbocycles. The van der Waals surface area contributed by atoms with E-state index in [0.29, 0.717) is 19.4 Å². The lowest BCUT2D eigenvalue weighted by atomic mass is 10.2. The third kappa shape index (κ3) is 3.70. The van der Waals surface area contributed by atoms with Crippen LogP contribution in [0.2, 0.25) is 0 Å². The van der Waals surface area contributed by atoms with Crippen molar-refractivity contribution in [1.82, 2.24) is 14.1 Å². The number of hydrogen-bond acceptors (Lipinski definition) is 3. The summed E-state index contributed by atoms with van der Waals surface area (Å²) in [5.74, 6) is 0. The van der Waals surface area contributed by atoms with Gasteiger partial charge in [-0.25, -0.2) is 13.4 Å². The smallest absolute Gasteiger partial charge is 0.352 e. The summed E-state index contributed by atoms with van der Waals surface area (Å²) in [5.41, 5.74) is -0.151. The molecule has 0 radical (unpaired) electrons. The number of imidazole rings is 1. The Labute approximate surface area is 126 Å². The second-order valence-corrected chi connectivity index (χ2v) is 7.13. The highest BCUT2D eigenvalue weighted by Crippen LogP contribution is 2.34. The summed E-state index contributed by atoms with van der Waals surface area (Å²) in [6.07, 6.45) is 2.54. The first kappa shape index (κ1) is 16.6. The van der Waals surface area contributed by atoms with E-state index in [1.807, 2.05) is 11.6 Å². The highest BCUT2D eigenvalue weighted by molar-refractivity contribution is 7.90. The number of alkyl halides is 3. The summed E-state index contributed by atoms with van der Waals surface area (Å²) in [6, 6.07) is 0. The second kappa shape index (κ2) is 5.79. The van der Waals surface area contributed by atoms with Gasteiger partial charge in [-0.05, 0) is 12.8 Å². The predicted molar refractivity (Wildman–Crippen MR) is 74.1 cm³/mol. The molecule has 0 aliphatic heterocycles. The summed E-state index contributed by atoms with van der Waals surface area (Å²) in [7, 11) is -2.09. The molecule has 5 nitrogen and oxygen atoms in total. The number of nitrogens with zero attached hydrogens (tertiary/aromatic N) is 3. The molecule has 0 aromatic carbocycles. The van der Waals surface area contributed by atoms with Gasteiger partial charge in [-0.2, -0.15) is 13.2 Å². The minimum atomic E-state index is -4.69. The van der Waals surface area contributed by atoms with E-state index in [2.05, 4.69) is 4.98 Å². The fourth-order valence-corrected chi connectivity index (χ4v) is 3.09. The average Bonchev–Trinajstić information content (AvgIpc) is 2.95. The highest BCUT2D eigenvalue weighted by Gasteiger charge is 2.37. The Balaban J connectivity index is 2.16. The Kier molecular flexibility index (Phi) is 4.37. The molecule has 2 heterocycles. The minimum absolute atomic E-state index is 0.295. The van der Waals surface area contributed by atoms with Gasteiger partial charge in [-0.15, -0.1) is 0 Å². The Bertz CT molecular complexity index is 760. The van der Waals surface area contributed by atoms with E-state index in [1.165, 1.54) is 4.57 Å². The van der Waals surface area contributed by atoms with Crippen LogP contribution in [0.1, 0.15) is 17.7 Å². The summed E-state index contributed by atoms with van der Waals surface area (Å²) >= 11 is 0. The fourth-order valence-electron chi connectivity index (χ4n) is 2.19. The lowest BCUT2D eigenvalue weighted by molar-refractivity contribution is -0.139. The second-order valence-electron chi connectivity index (χ2n) is 5.14. The third-order valence-corrected chi connectivity index (χ3v) is 4.44. The SMILES string of the molecule is Cn1cncc1CCCn1cc(C(F)(F)F)c(S(C)(=O)=O)c1. The first-order valence-electron chi connectivity index (χ1n) is 6.51. The molecule has 0 spiro atoms. The molecular weight excluding hydrogens is 319 g/mol. The van der Waals surface area contributed by atoms with Crippen molar-refractivity contribution in [2.45, 2.75) is 30.5 Å². The van der Waals surface area contributed by atoms with Crippen molar-refractivity contribution >= 4 is 9.84 Å². The van der Waals surface area contributed by atoms with Gasteiger partial charge < -0.3 is 9.13 Å². The summed E-state index contributed by atoms with van der Waals surface area (Å²) in [6.45, 7) is 0.295. The molecular formula is C13H16F3N3O2S. The van der Waals surface area contributed by atoms with Crippen LogP contribution in [-0.2, 0) is 36.0 Å². The molecule has 0 amide bonds. The number of sulfone groups is 1. The normalized spacial score (nSPS) is 12.8. The van der Waals surface area contributed by atoms with Crippen LogP contribution in [0.15, 0.2) is 29.8 Å². The Morgan fingerprint density at radius 2 is 1.95 bits per heavy atom. The zero-order valence-electron chi connectivity index (χ0n) is 12.1. The van der Waals surface area contributed by atoms with Crippen molar-refractivity contribution in [2.75, 3.05) is 6.26 Å². The maximum Gasteiger partial charge on any atom is 0.419 e. The number of aryl methyl sites for hydroxylation is 3. The van der Waals surface area contributed by atoms with Crippen LogP contribution in [0.25, 0.3) is 0 Å². The largest absolute Gasteiger partial charge is 0.419 e. The van der Waals surface area contributed by atoms with Gasteiger partial charge in [0.25, 0.3) is 0 Å². The van der Waals surface area contributed by atoms with E-state index in [4.69, 9.17) is 0 Å². The molecule has 0 N–H and O–H groups in total. The molecule has 0 unspecified atom stereocenters. The summed E-state index contributed by atoms with van der Waals surface area (Å²) in [4.78, 5) is 3.28. The Morgan fingerprint density at radius 3 is 2.41 bits per heavy atom. The van der Waals surface area contributed by atoms with Gasteiger partial charge in [0.05, 0.1) is 16.8 Å². The third-order valence-electron chi connectivity index (χ3n) is 3.31. The van der Waals surface area contributed by atoms with Gasteiger partial charge in [-0.3, -0.25) is 0 Å². The highest BCUT2D eigenvalue weighted by atomic mass is 32.2. The first-order valence-corrected chi connectivity index (χ1v) is 8.40. The van der Waals surface area contributed by atoms with Crippen LogP contribution in [0.5, 0.6) is 0 Å². The number of aromatic nitrogens is 3. The summed E-state index contributed by atoms with van der Waals surface area (Å²) in [5, 5.41) is 0. The maximum atomic E-state index is 12.9. The molecule has 2 aromatic heterocycles. The van der Waals surface area contributed by atoms with Gasteiger partial charge in [0.15, 0.2) is 9.84 Å². The van der Waals surface area contributed by atoms with Crippen LogP contribution in [0.3, 0.4) is 0 Å². The van der Waals surface area contributed by atoms with Crippen LogP contribution < -0.4 is 0 Å². The Morgan fingerprint density at radius 1 is 1.27 bits per heavy atom. The van der Waals surface area contributed by atoms with Crippen molar-refractivity contribution in [3.05, 3.63) is 36.2 Å². The molecule has 0 saturated heterocycles. The molecule has 2 aromatic rings. The van der Waals surface area contributed by atoms with E-state index in [1.54, 1.807) is 12.5 Å². The molecule has 0 bridgehead atoms. The van der Waals surface area contributed by atoms with Crippen molar-refractivity contribution in [3.8, 4) is 0 Å². The molecule has 0 aliphatic rings. The van der Waals surface area contributed by atoms with E-state index in [9.17, 15) is 21.6 Å². The van der Waals surface area contributed by atoms with Gasteiger partial charge in [0, 0.05) is 44.1 Å². The van der Waals surface area contributed by atoms with Crippen LogP contribution in [-0.4, -0.2) is 28.8 Å². The molecule has 0 fully saturated rings. The standard InChI is InChI=1S/C13H16F3N3O2S/c1-18-9-17-6-10(18)4-3-5-19-7-11(13(14,15)16)12(8-19)22(2,20)21/h6-9H,3-5H2,1-2H3. The molecule has 2 rings (SSSR count). The lowest BCUT2D eigenvalue weighted by Crippen LogP contribution is -2.09. The molecule has 0 atom stereocenters. The van der Waals surface area contributed by atoms with Crippen molar-refractivity contribution in [2.24, 2.45) is 7.05 Å². The number of halogens is 3. The quantitative estimate of drug-likeness (QED) is 0.842. The topological polar surface area (TPSA) is 56.9 Å². The number of rotatable bonds is 5. The predicted octanol–water partition coefficient (Wildman–Crippen LogP) is 2.28. The zero-order chi connectivity index (χ0) is 16.5. The molecule has 122 valence electrons. The zero-order valence-corrected chi connectivity index (χ0v) is 12.9. The lowest BCUT2D eigenvalue weighted by Gasteiger charge is -2.05. The van der Waals surface area contributed by atoms with Crippen LogP contribution >= 0.6 is 0 Å². The maximum absolute atomic E-state index is 12.9. The summed E-state index contributed by atoms with van der Waals surface area (Å²) < 4.78 is 64.8. The minimum Gasteiger partial charge on any atom is -0.352 e. The average molecular weight is 335 g/mol. The van der Waals surface area contributed by atoms with E-state index in [0.717, 1.165) is 24.3 Å². The number of hydrogen-bond donors (Lipinski definition) is 0. The van der Waals surface area contributed by atoms with Crippen LogP contribution in [0.4, 0.5) is 13.2 Å².